The third kappa shape index (κ3) is 1.80. The van der Waals surface area contributed by atoms with Crippen LogP contribution < -0.4 is 0 Å². The van der Waals surface area contributed by atoms with Gasteiger partial charge in [0.2, 0.25) is 12.0 Å². The van der Waals surface area contributed by atoms with Gasteiger partial charge in [-0.2, -0.15) is 13.2 Å². The van der Waals surface area contributed by atoms with Gasteiger partial charge in [0.05, 0.1) is 0 Å². The van der Waals surface area contributed by atoms with Crippen molar-refractivity contribution in [3.8, 4) is 0 Å². The van der Waals surface area contributed by atoms with E-state index in [1.807, 2.05) is 0 Å². The Bertz CT molecular complexity index is 444. The molecule has 2 aromatic rings. The van der Waals surface area contributed by atoms with Crippen LogP contribution in [0.1, 0.15) is 12.0 Å². The summed E-state index contributed by atoms with van der Waals surface area (Å²) in [7, 11) is 0. The molecule has 0 fully saturated rings. The topological polar surface area (TPSA) is 46.3 Å². The van der Waals surface area contributed by atoms with E-state index in [1.54, 1.807) is 12.1 Å². The smallest absolute Gasteiger partial charge is 0.423 e. The molecule has 0 unspecified atom stereocenters. The molecule has 1 N–H and O–H groups in total. The third-order valence-electron chi connectivity index (χ3n) is 1.85. The fraction of sp³-hybridized carbons (Fsp3) is 0.222. The average Bonchev–Trinajstić information content (AvgIpc) is 2.58. The number of halogens is 3. The van der Waals surface area contributed by atoms with Gasteiger partial charge in [-0.25, -0.2) is 4.98 Å². The van der Waals surface area contributed by atoms with Crippen molar-refractivity contribution in [2.24, 2.45) is 0 Å². The van der Waals surface area contributed by atoms with E-state index in [-0.39, 0.29) is 11.1 Å². The average molecular weight is 217 g/mol. The monoisotopic (exact) mass is 217 g/mol. The van der Waals surface area contributed by atoms with Crippen molar-refractivity contribution in [3.05, 3.63) is 30.2 Å². The van der Waals surface area contributed by atoms with Crippen molar-refractivity contribution >= 4 is 11.1 Å². The van der Waals surface area contributed by atoms with Gasteiger partial charge in [0, 0.05) is 0 Å². The van der Waals surface area contributed by atoms with Crippen LogP contribution in [0.2, 0.25) is 0 Å². The molecule has 0 amide bonds. The van der Waals surface area contributed by atoms with Gasteiger partial charge in [-0.05, 0) is 12.1 Å². The Morgan fingerprint density at radius 3 is 2.53 bits per heavy atom. The highest BCUT2D eigenvalue weighted by Gasteiger charge is 2.42. The van der Waals surface area contributed by atoms with Gasteiger partial charge in [-0.1, -0.05) is 12.1 Å². The van der Waals surface area contributed by atoms with Crippen LogP contribution in [-0.4, -0.2) is 16.3 Å². The molecule has 0 aliphatic carbocycles. The van der Waals surface area contributed by atoms with Crippen molar-refractivity contribution in [3.63, 3.8) is 0 Å². The molecule has 1 aromatic carbocycles. The van der Waals surface area contributed by atoms with Crippen LogP contribution in [0.5, 0.6) is 0 Å². The Labute approximate surface area is 82.1 Å². The summed E-state index contributed by atoms with van der Waals surface area (Å²) >= 11 is 0. The number of hydrogen-bond donors (Lipinski definition) is 1. The fourth-order valence-corrected chi connectivity index (χ4v) is 1.15. The molecular formula is C9H6F3NO2. The first-order valence-electron chi connectivity index (χ1n) is 4.09. The molecule has 0 saturated heterocycles. The minimum absolute atomic E-state index is 0.218. The largest absolute Gasteiger partial charge is 0.437 e. The van der Waals surface area contributed by atoms with Crippen molar-refractivity contribution in [1.82, 2.24) is 4.98 Å². The standard InChI is InChI=1S/C9H6F3NO2/c10-9(11,12)7(14)8-13-5-3-1-2-4-6(5)15-8/h1-4,7,14H/t7-/m0/s1. The minimum Gasteiger partial charge on any atom is -0.437 e. The normalized spacial score (nSPS) is 14.4. The summed E-state index contributed by atoms with van der Waals surface area (Å²) < 4.78 is 41.1. The number of oxazole rings is 1. The quantitative estimate of drug-likeness (QED) is 0.797. The predicted octanol–water partition coefficient (Wildman–Crippen LogP) is 2.42. The molecule has 1 atom stereocenters. The van der Waals surface area contributed by atoms with Crippen LogP contribution in [0.15, 0.2) is 28.7 Å². The van der Waals surface area contributed by atoms with E-state index in [4.69, 9.17) is 9.52 Å². The van der Waals surface area contributed by atoms with Crippen LogP contribution in [0.3, 0.4) is 0 Å². The van der Waals surface area contributed by atoms with Gasteiger partial charge in [-0.3, -0.25) is 0 Å². The van der Waals surface area contributed by atoms with Crippen LogP contribution in [0.4, 0.5) is 13.2 Å². The van der Waals surface area contributed by atoms with Crippen molar-refractivity contribution in [2.45, 2.75) is 12.3 Å². The van der Waals surface area contributed by atoms with Crippen LogP contribution >= 0.6 is 0 Å². The highest BCUT2D eigenvalue weighted by molar-refractivity contribution is 5.72. The molecule has 0 aliphatic rings. The maximum atomic E-state index is 12.1. The zero-order valence-electron chi connectivity index (χ0n) is 7.32. The first-order chi connectivity index (χ1) is 6.98. The van der Waals surface area contributed by atoms with E-state index in [0.29, 0.717) is 0 Å². The lowest BCUT2D eigenvalue weighted by atomic mass is 10.3. The van der Waals surface area contributed by atoms with Crippen molar-refractivity contribution in [1.29, 1.82) is 0 Å². The predicted molar refractivity (Wildman–Crippen MR) is 45.0 cm³/mol. The number of aliphatic hydroxyl groups excluding tert-OH is 1. The SMILES string of the molecule is O[C@@H](c1nc2ccccc2o1)C(F)(F)F. The molecule has 15 heavy (non-hydrogen) atoms. The lowest BCUT2D eigenvalue weighted by Gasteiger charge is -2.09. The van der Waals surface area contributed by atoms with E-state index < -0.39 is 18.2 Å². The zero-order valence-corrected chi connectivity index (χ0v) is 7.32. The summed E-state index contributed by atoms with van der Waals surface area (Å²) in [5, 5.41) is 8.88. The highest BCUT2D eigenvalue weighted by atomic mass is 19.4. The molecule has 0 radical (unpaired) electrons. The number of para-hydroxylation sites is 2. The van der Waals surface area contributed by atoms with Crippen LogP contribution in [-0.2, 0) is 0 Å². The van der Waals surface area contributed by atoms with Gasteiger partial charge in [0.15, 0.2) is 5.58 Å². The molecule has 0 bridgehead atoms. The van der Waals surface area contributed by atoms with Gasteiger partial charge < -0.3 is 9.52 Å². The molecule has 3 nitrogen and oxygen atoms in total. The number of aliphatic hydroxyl groups is 1. The van der Waals surface area contributed by atoms with Gasteiger partial charge >= 0.3 is 6.18 Å². The maximum Gasteiger partial charge on any atom is 0.423 e. The second-order valence-corrected chi connectivity index (χ2v) is 2.96. The first-order valence-corrected chi connectivity index (χ1v) is 4.09. The van der Waals surface area contributed by atoms with Gasteiger partial charge in [0.25, 0.3) is 0 Å². The number of aromatic nitrogens is 1. The molecule has 80 valence electrons. The number of nitrogens with zero attached hydrogens (tertiary/aromatic N) is 1. The summed E-state index contributed by atoms with van der Waals surface area (Å²) in [6.45, 7) is 0. The Kier molecular flexibility index (Phi) is 2.15. The Morgan fingerprint density at radius 1 is 1.27 bits per heavy atom. The summed E-state index contributed by atoms with van der Waals surface area (Å²) in [4.78, 5) is 3.54. The number of hydrogen-bond acceptors (Lipinski definition) is 3. The molecule has 1 heterocycles. The first kappa shape index (κ1) is 9.97. The third-order valence-corrected chi connectivity index (χ3v) is 1.85. The van der Waals surface area contributed by atoms with Crippen molar-refractivity contribution in [2.75, 3.05) is 0 Å². The van der Waals surface area contributed by atoms with E-state index >= 15 is 0 Å². The molecule has 2 rings (SSSR count). The molecular weight excluding hydrogens is 211 g/mol. The van der Waals surface area contributed by atoms with E-state index in [1.165, 1.54) is 12.1 Å². The fourth-order valence-electron chi connectivity index (χ4n) is 1.15. The van der Waals surface area contributed by atoms with Crippen LogP contribution in [0, 0.1) is 0 Å². The maximum absolute atomic E-state index is 12.1. The summed E-state index contributed by atoms with van der Waals surface area (Å²) in [6, 6.07) is 6.21. The summed E-state index contributed by atoms with van der Waals surface area (Å²) in [5.41, 5.74) is 0.506. The molecule has 1 aromatic heterocycles. The van der Waals surface area contributed by atoms with Crippen molar-refractivity contribution < 1.29 is 22.7 Å². The summed E-state index contributed by atoms with van der Waals surface area (Å²) in [5.74, 6) is -0.733. The van der Waals surface area contributed by atoms with E-state index in [2.05, 4.69) is 4.98 Å². The van der Waals surface area contributed by atoms with Gasteiger partial charge in [-0.15, -0.1) is 0 Å². The molecule has 0 aliphatic heterocycles. The molecule has 0 saturated carbocycles. The second-order valence-electron chi connectivity index (χ2n) is 2.96. The van der Waals surface area contributed by atoms with E-state index in [9.17, 15) is 13.2 Å². The lowest BCUT2D eigenvalue weighted by molar-refractivity contribution is -0.212. The second kappa shape index (κ2) is 3.23. The minimum atomic E-state index is -4.76. The molecule has 6 heteroatoms. The van der Waals surface area contributed by atoms with Crippen LogP contribution in [0.25, 0.3) is 11.1 Å². The summed E-state index contributed by atoms with van der Waals surface area (Å²) in [6.07, 6.45) is -7.44. The lowest BCUT2D eigenvalue weighted by Crippen LogP contribution is -2.20. The Balaban J connectivity index is 2.45. The number of fused-ring (bicyclic) bond motifs is 1. The molecule has 0 spiro atoms. The Hall–Kier alpha value is -1.56. The number of benzene rings is 1. The zero-order chi connectivity index (χ0) is 11.1. The highest BCUT2D eigenvalue weighted by Crippen LogP contribution is 2.33. The number of alkyl halides is 3. The Morgan fingerprint density at radius 2 is 1.93 bits per heavy atom. The van der Waals surface area contributed by atoms with Gasteiger partial charge in [0.1, 0.15) is 5.52 Å². The number of rotatable bonds is 1. The van der Waals surface area contributed by atoms with E-state index in [0.717, 1.165) is 0 Å².